The molecular formula is C28H23N3O8. The van der Waals surface area contributed by atoms with Crippen molar-refractivity contribution in [2.75, 3.05) is 21.3 Å². The van der Waals surface area contributed by atoms with Gasteiger partial charge in [-0.15, -0.1) is 0 Å². The summed E-state index contributed by atoms with van der Waals surface area (Å²) in [5.74, 6) is -1.24. The van der Waals surface area contributed by atoms with Crippen LogP contribution in [0.2, 0.25) is 0 Å². The molecule has 39 heavy (non-hydrogen) atoms. The average Bonchev–Trinajstić information content (AvgIpc) is 2.96. The lowest BCUT2D eigenvalue weighted by Gasteiger charge is -2.14. The van der Waals surface area contributed by atoms with Gasteiger partial charge in [-0.2, -0.15) is 5.10 Å². The van der Waals surface area contributed by atoms with E-state index < -0.39 is 22.5 Å². The summed E-state index contributed by atoms with van der Waals surface area (Å²) >= 11 is 0. The van der Waals surface area contributed by atoms with Crippen LogP contribution in [0, 0.1) is 10.1 Å². The van der Waals surface area contributed by atoms with Crippen LogP contribution in [0.4, 0.5) is 5.69 Å². The lowest BCUT2D eigenvalue weighted by molar-refractivity contribution is -0.386. The predicted molar refractivity (Wildman–Crippen MR) is 143 cm³/mol. The van der Waals surface area contributed by atoms with Crippen LogP contribution in [0.5, 0.6) is 23.0 Å². The number of hydrogen-bond acceptors (Lipinski definition) is 9. The van der Waals surface area contributed by atoms with Crippen molar-refractivity contribution in [3.05, 3.63) is 99.6 Å². The summed E-state index contributed by atoms with van der Waals surface area (Å²) in [6.07, 6.45) is 1.33. The lowest BCUT2D eigenvalue weighted by Crippen LogP contribution is -2.20. The number of rotatable bonds is 9. The van der Waals surface area contributed by atoms with Gasteiger partial charge in [0.2, 0.25) is 11.5 Å². The van der Waals surface area contributed by atoms with Crippen LogP contribution in [0.25, 0.3) is 10.8 Å². The molecule has 1 N–H and O–H groups in total. The highest BCUT2D eigenvalue weighted by Crippen LogP contribution is 2.46. The van der Waals surface area contributed by atoms with Gasteiger partial charge < -0.3 is 18.9 Å². The fourth-order valence-electron chi connectivity index (χ4n) is 3.91. The number of nitro groups is 1. The maximum atomic E-state index is 12.8. The van der Waals surface area contributed by atoms with Crippen LogP contribution in [0.1, 0.15) is 26.3 Å². The Morgan fingerprint density at radius 2 is 1.56 bits per heavy atom. The molecule has 0 heterocycles. The molecule has 0 aliphatic heterocycles. The molecule has 1 amide bonds. The molecule has 0 radical (unpaired) electrons. The van der Waals surface area contributed by atoms with Crippen LogP contribution in [-0.2, 0) is 0 Å². The Bertz CT molecular complexity index is 1580. The first-order chi connectivity index (χ1) is 18.9. The van der Waals surface area contributed by atoms with Crippen molar-refractivity contribution in [1.29, 1.82) is 0 Å². The Morgan fingerprint density at radius 1 is 0.872 bits per heavy atom. The molecule has 4 rings (SSSR count). The van der Waals surface area contributed by atoms with Crippen LogP contribution >= 0.6 is 0 Å². The summed E-state index contributed by atoms with van der Waals surface area (Å²) in [6.45, 7) is 0. The Kier molecular flexibility index (Phi) is 8.00. The van der Waals surface area contributed by atoms with E-state index in [9.17, 15) is 19.7 Å². The van der Waals surface area contributed by atoms with Gasteiger partial charge in [0.05, 0.1) is 38.0 Å². The molecular weight excluding hydrogens is 506 g/mol. The van der Waals surface area contributed by atoms with Crippen molar-refractivity contribution in [3.8, 4) is 23.0 Å². The van der Waals surface area contributed by atoms with Gasteiger partial charge in [0.1, 0.15) is 11.3 Å². The minimum atomic E-state index is -0.863. The number of carbonyl (C=O) groups is 2. The molecule has 11 heteroatoms. The number of amides is 1. The standard InChI is InChI=1S/C28H23N3O8/c1-36-23-15-22(24(31(34)35)26(38-3)25(23)37-2)27(32)30-29-16-17-11-13-19(14-12-17)39-28(33)21-10-6-8-18-7-4-5-9-20(18)21/h4-16H,1-3H3,(H,30,32). The zero-order valence-electron chi connectivity index (χ0n) is 21.2. The smallest absolute Gasteiger partial charge is 0.344 e. The summed E-state index contributed by atoms with van der Waals surface area (Å²) < 4.78 is 21.0. The first-order valence-corrected chi connectivity index (χ1v) is 11.5. The maximum Gasteiger partial charge on any atom is 0.344 e. The topological polar surface area (TPSA) is 139 Å². The predicted octanol–water partition coefficient (Wildman–Crippen LogP) is 4.76. The molecule has 4 aromatic carbocycles. The van der Waals surface area contributed by atoms with Gasteiger partial charge in [0.25, 0.3) is 5.91 Å². The molecule has 0 atom stereocenters. The zero-order chi connectivity index (χ0) is 27.9. The van der Waals surface area contributed by atoms with E-state index in [0.717, 1.165) is 10.8 Å². The van der Waals surface area contributed by atoms with Crippen molar-refractivity contribution < 1.29 is 33.5 Å². The Morgan fingerprint density at radius 3 is 2.23 bits per heavy atom. The molecule has 0 saturated heterocycles. The van der Waals surface area contributed by atoms with E-state index in [1.807, 2.05) is 30.3 Å². The number of benzene rings is 4. The molecule has 0 aliphatic rings. The number of esters is 1. The molecule has 0 saturated carbocycles. The molecule has 0 aliphatic carbocycles. The number of ether oxygens (including phenoxy) is 4. The number of hydrogen-bond donors (Lipinski definition) is 1. The average molecular weight is 530 g/mol. The second-order valence-electron chi connectivity index (χ2n) is 7.98. The third kappa shape index (κ3) is 5.62. The second kappa shape index (κ2) is 11.7. The number of nitrogens with zero attached hydrogens (tertiary/aromatic N) is 2. The second-order valence-corrected chi connectivity index (χ2v) is 7.98. The van der Waals surface area contributed by atoms with E-state index in [1.165, 1.54) is 33.6 Å². The largest absolute Gasteiger partial charge is 0.493 e. The molecule has 0 spiro atoms. The van der Waals surface area contributed by atoms with Gasteiger partial charge in [-0.25, -0.2) is 10.2 Å². The molecule has 198 valence electrons. The molecule has 0 fully saturated rings. The van der Waals surface area contributed by atoms with Crippen LogP contribution in [-0.4, -0.2) is 44.3 Å². The Balaban J connectivity index is 1.47. The van der Waals surface area contributed by atoms with E-state index in [-0.39, 0.29) is 22.8 Å². The van der Waals surface area contributed by atoms with Crippen LogP contribution in [0.15, 0.2) is 77.9 Å². The minimum absolute atomic E-state index is 0.0204. The van der Waals surface area contributed by atoms with Gasteiger partial charge in [0.15, 0.2) is 5.75 Å². The van der Waals surface area contributed by atoms with Crippen molar-refractivity contribution in [2.45, 2.75) is 0 Å². The van der Waals surface area contributed by atoms with Gasteiger partial charge in [-0.1, -0.05) is 36.4 Å². The first-order valence-electron chi connectivity index (χ1n) is 11.5. The van der Waals surface area contributed by atoms with Crippen molar-refractivity contribution in [2.24, 2.45) is 5.10 Å². The van der Waals surface area contributed by atoms with E-state index in [0.29, 0.717) is 16.9 Å². The minimum Gasteiger partial charge on any atom is -0.493 e. The Hall–Kier alpha value is -5.45. The summed E-state index contributed by atoms with van der Waals surface area (Å²) in [5.41, 5.74) is 2.34. The van der Waals surface area contributed by atoms with Crippen molar-refractivity contribution in [3.63, 3.8) is 0 Å². The van der Waals surface area contributed by atoms with Crippen LogP contribution < -0.4 is 24.4 Å². The quantitative estimate of drug-likeness (QED) is 0.108. The lowest BCUT2D eigenvalue weighted by atomic mass is 10.0. The van der Waals surface area contributed by atoms with Gasteiger partial charge >= 0.3 is 11.7 Å². The number of carbonyl (C=O) groups excluding carboxylic acids is 2. The van der Waals surface area contributed by atoms with E-state index >= 15 is 0 Å². The summed E-state index contributed by atoms with van der Waals surface area (Å²) in [7, 11) is 3.84. The van der Waals surface area contributed by atoms with Crippen LogP contribution in [0.3, 0.4) is 0 Å². The van der Waals surface area contributed by atoms with Crippen molar-refractivity contribution in [1.82, 2.24) is 5.43 Å². The van der Waals surface area contributed by atoms with E-state index in [4.69, 9.17) is 18.9 Å². The zero-order valence-corrected chi connectivity index (χ0v) is 21.2. The summed E-state index contributed by atoms with van der Waals surface area (Å²) in [5, 5.41) is 17.3. The Labute approximate surface area is 222 Å². The fourth-order valence-corrected chi connectivity index (χ4v) is 3.91. The van der Waals surface area contributed by atoms with Crippen molar-refractivity contribution >= 4 is 34.6 Å². The number of nitro benzene ring substituents is 1. The highest BCUT2D eigenvalue weighted by molar-refractivity contribution is 6.05. The summed E-state index contributed by atoms with van der Waals surface area (Å²) in [6, 6.07) is 20.5. The number of methoxy groups -OCH3 is 3. The number of hydrazone groups is 1. The third-order valence-corrected chi connectivity index (χ3v) is 5.71. The number of nitrogens with one attached hydrogen (secondary N) is 1. The molecule has 11 nitrogen and oxygen atoms in total. The molecule has 0 bridgehead atoms. The first kappa shape index (κ1) is 26.6. The monoisotopic (exact) mass is 529 g/mol. The van der Waals surface area contributed by atoms with Gasteiger partial charge in [0, 0.05) is 6.07 Å². The third-order valence-electron chi connectivity index (χ3n) is 5.71. The highest BCUT2D eigenvalue weighted by atomic mass is 16.6. The SMILES string of the molecule is COc1cc(C(=O)NN=Cc2ccc(OC(=O)c3cccc4ccccc34)cc2)c([N+](=O)[O-])c(OC)c1OC. The van der Waals surface area contributed by atoms with E-state index in [1.54, 1.807) is 36.4 Å². The highest BCUT2D eigenvalue weighted by Gasteiger charge is 2.32. The van der Waals surface area contributed by atoms with Gasteiger partial charge in [-0.05, 0) is 46.7 Å². The molecule has 0 unspecified atom stereocenters. The fraction of sp³-hybridized carbons (Fsp3) is 0.107. The van der Waals surface area contributed by atoms with E-state index in [2.05, 4.69) is 10.5 Å². The maximum absolute atomic E-state index is 12.8. The molecule has 4 aromatic rings. The number of fused-ring (bicyclic) bond motifs is 1. The molecule has 0 aromatic heterocycles. The van der Waals surface area contributed by atoms with Gasteiger partial charge in [-0.3, -0.25) is 14.9 Å². The summed E-state index contributed by atoms with van der Waals surface area (Å²) in [4.78, 5) is 36.4. The normalized spacial score (nSPS) is 10.7.